The summed E-state index contributed by atoms with van der Waals surface area (Å²) < 4.78 is 18.2. The fraction of sp³-hybridized carbons (Fsp3) is 0.188. The SMILES string of the molecule is COc1cc(F)ccc1NC(=O)c1ccc2c(c1)CCN2. The quantitative estimate of drug-likeness (QED) is 0.911. The van der Waals surface area contributed by atoms with Gasteiger partial charge in [0.1, 0.15) is 11.6 Å². The van der Waals surface area contributed by atoms with Gasteiger partial charge in [0.15, 0.2) is 0 Å². The molecule has 0 spiro atoms. The van der Waals surface area contributed by atoms with Gasteiger partial charge in [-0.1, -0.05) is 0 Å². The van der Waals surface area contributed by atoms with Crippen molar-refractivity contribution in [3.63, 3.8) is 0 Å². The Balaban J connectivity index is 1.83. The van der Waals surface area contributed by atoms with Crippen LogP contribution in [-0.2, 0) is 6.42 Å². The van der Waals surface area contributed by atoms with Gasteiger partial charge in [-0.05, 0) is 42.3 Å². The highest BCUT2D eigenvalue weighted by Gasteiger charge is 2.15. The van der Waals surface area contributed by atoms with Crippen molar-refractivity contribution in [2.45, 2.75) is 6.42 Å². The molecular weight excluding hydrogens is 271 g/mol. The number of ether oxygens (including phenoxy) is 1. The van der Waals surface area contributed by atoms with Crippen molar-refractivity contribution in [3.05, 3.63) is 53.3 Å². The molecule has 1 heterocycles. The molecule has 1 amide bonds. The standard InChI is InChI=1S/C16H15FN2O2/c1-21-15-9-12(17)3-5-14(15)19-16(20)11-2-4-13-10(8-11)6-7-18-13/h2-5,8-9,18H,6-7H2,1H3,(H,19,20). The van der Waals surface area contributed by atoms with E-state index in [1.54, 1.807) is 6.07 Å². The minimum atomic E-state index is -0.409. The number of amides is 1. The lowest BCUT2D eigenvalue weighted by Gasteiger charge is -2.11. The van der Waals surface area contributed by atoms with Gasteiger partial charge in [-0.2, -0.15) is 0 Å². The van der Waals surface area contributed by atoms with Gasteiger partial charge in [0.05, 0.1) is 12.8 Å². The molecule has 1 aliphatic heterocycles. The molecular formula is C16H15FN2O2. The van der Waals surface area contributed by atoms with E-state index in [4.69, 9.17) is 4.74 Å². The number of anilines is 2. The topological polar surface area (TPSA) is 50.4 Å². The van der Waals surface area contributed by atoms with Gasteiger partial charge < -0.3 is 15.4 Å². The maximum Gasteiger partial charge on any atom is 0.255 e. The second kappa shape index (κ2) is 5.44. The van der Waals surface area contributed by atoms with Crippen molar-refractivity contribution in [1.82, 2.24) is 0 Å². The van der Waals surface area contributed by atoms with E-state index in [1.165, 1.54) is 25.3 Å². The largest absolute Gasteiger partial charge is 0.494 e. The van der Waals surface area contributed by atoms with E-state index in [0.717, 1.165) is 24.2 Å². The second-order valence-corrected chi connectivity index (χ2v) is 4.85. The van der Waals surface area contributed by atoms with E-state index in [0.29, 0.717) is 17.0 Å². The number of halogens is 1. The highest BCUT2D eigenvalue weighted by molar-refractivity contribution is 6.05. The van der Waals surface area contributed by atoms with Crippen LogP contribution in [-0.4, -0.2) is 19.6 Å². The van der Waals surface area contributed by atoms with E-state index in [9.17, 15) is 9.18 Å². The summed E-state index contributed by atoms with van der Waals surface area (Å²) in [6.07, 6.45) is 0.913. The Labute approximate surface area is 121 Å². The normalized spacial score (nSPS) is 12.5. The van der Waals surface area contributed by atoms with Crippen LogP contribution in [0.3, 0.4) is 0 Å². The molecule has 0 saturated carbocycles. The monoisotopic (exact) mass is 286 g/mol. The van der Waals surface area contributed by atoms with Crippen LogP contribution in [0.15, 0.2) is 36.4 Å². The van der Waals surface area contributed by atoms with Gasteiger partial charge in [0, 0.05) is 23.9 Å². The third-order valence-electron chi connectivity index (χ3n) is 3.49. The molecule has 0 radical (unpaired) electrons. The summed E-state index contributed by atoms with van der Waals surface area (Å²) in [5, 5.41) is 5.99. The summed E-state index contributed by atoms with van der Waals surface area (Å²) >= 11 is 0. The van der Waals surface area contributed by atoms with Crippen molar-refractivity contribution < 1.29 is 13.9 Å². The molecule has 0 fully saturated rings. The minimum absolute atomic E-state index is 0.241. The number of hydrogen-bond donors (Lipinski definition) is 2. The number of rotatable bonds is 3. The van der Waals surface area contributed by atoms with Gasteiger partial charge in [0.25, 0.3) is 5.91 Å². The highest BCUT2D eigenvalue weighted by atomic mass is 19.1. The number of carbonyl (C=O) groups is 1. The van der Waals surface area contributed by atoms with Crippen LogP contribution < -0.4 is 15.4 Å². The molecule has 21 heavy (non-hydrogen) atoms. The first-order valence-electron chi connectivity index (χ1n) is 6.69. The number of fused-ring (bicyclic) bond motifs is 1. The van der Waals surface area contributed by atoms with E-state index in [1.807, 2.05) is 12.1 Å². The predicted octanol–water partition coefficient (Wildman–Crippen LogP) is 3.05. The number of methoxy groups -OCH3 is 1. The second-order valence-electron chi connectivity index (χ2n) is 4.85. The zero-order chi connectivity index (χ0) is 14.8. The molecule has 2 N–H and O–H groups in total. The van der Waals surface area contributed by atoms with Crippen molar-refractivity contribution in [3.8, 4) is 5.75 Å². The average molecular weight is 286 g/mol. The van der Waals surface area contributed by atoms with E-state index < -0.39 is 5.82 Å². The molecule has 2 aromatic rings. The van der Waals surface area contributed by atoms with Crippen LogP contribution in [0.25, 0.3) is 0 Å². The molecule has 5 heteroatoms. The average Bonchev–Trinajstić information content (AvgIpc) is 2.96. The summed E-state index contributed by atoms with van der Waals surface area (Å²) in [6.45, 7) is 0.895. The van der Waals surface area contributed by atoms with Gasteiger partial charge in [-0.25, -0.2) is 4.39 Å². The lowest BCUT2D eigenvalue weighted by atomic mass is 10.1. The lowest BCUT2D eigenvalue weighted by Crippen LogP contribution is -2.13. The Morgan fingerprint density at radius 2 is 2.14 bits per heavy atom. The number of benzene rings is 2. The molecule has 0 atom stereocenters. The summed E-state index contributed by atoms with van der Waals surface area (Å²) in [4.78, 5) is 12.3. The van der Waals surface area contributed by atoms with E-state index >= 15 is 0 Å². The maximum atomic E-state index is 13.1. The number of carbonyl (C=O) groups excluding carboxylic acids is 1. The molecule has 4 nitrogen and oxygen atoms in total. The van der Waals surface area contributed by atoms with Crippen molar-refractivity contribution in [2.75, 3.05) is 24.3 Å². The van der Waals surface area contributed by atoms with Crippen molar-refractivity contribution >= 4 is 17.3 Å². The fourth-order valence-corrected chi connectivity index (χ4v) is 2.41. The molecule has 0 saturated heterocycles. The number of hydrogen-bond acceptors (Lipinski definition) is 3. The fourth-order valence-electron chi connectivity index (χ4n) is 2.41. The molecule has 0 unspecified atom stereocenters. The Kier molecular flexibility index (Phi) is 3.48. The Hall–Kier alpha value is -2.56. The van der Waals surface area contributed by atoms with Crippen LogP contribution in [0.2, 0.25) is 0 Å². The van der Waals surface area contributed by atoms with Crippen LogP contribution in [0.4, 0.5) is 15.8 Å². The molecule has 2 aromatic carbocycles. The Morgan fingerprint density at radius 3 is 2.95 bits per heavy atom. The Bertz CT molecular complexity index is 701. The van der Waals surface area contributed by atoms with Crippen LogP contribution in [0.1, 0.15) is 15.9 Å². The number of nitrogens with one attached hydrogen (secondary N) is 2. The maximum absolute atomic E-state index is 13.1. The third-order valence-corrected chi connectivity index (χ3v) is 3.49. The van der Waals surface area contributed by atoms with Crippen molar-refractivity contribution in [1.29, 1.82) is 0 Å². The lowest BCUT2D eigenvalue weighted by molar-refractivity contribution is 0.102. The van der Waals surface area contributed by atoms with Crippen LogP contribution in [0.5, 0.6) is 5.75 Å². The minimum Gasteiger partial charge on any atom is -0.494 e. The van der Waals surface area contributed by atoms with E-state index in [2.05, 4.69) is 10.6 Å². The smallest absolute Gasteiger partial charge is 0.255 e. The summed E-state index contributed by atoms with van der Waals surface area (Å²) in [5.74, 6) is -0.353. The van der Waals surface area contributed by atoms with Gasteiger partial charge >= 0.3 is 0 Å². The molecule has 108 valence electrons. The molecule has 3 rings (SSSR count). The summed E-state index contributed by atoms with van der Waals surface area (Å²) in [6, 6.07) is 9.55. The first-order chi connectivity index (χ1) is 10.2. The third kappa shape index (κ3) is 2.67. The van der Waals surface area contributed by atoms with Gasteiger partial charge in [-0.15, -0.1) is 0 Å². The molecule has 1 aliphatic rings. The molecule has 0 bridgehead atoms. The molecule has 0 aromatic heterocycles. The highest BCUT2D eigenvalue weighted by Crippen LogP contribution is 2.27. The zero-order valence-electron chi connectivity index (χ0n) is 11.6. The van der Waals surface area contributed by atoms with Gasteiger partial charge in [0.2, 0.25) is 0 Å². The zero-order valence-corrected chi connectivity index (χ0v) is 11.6. The molecule has 0 aliphatic carbocycles. The Morgan fingerprint density at radius 1 is 1.29 bits per heavy atom. The predicted molar refractivity (Wildman–Crippen MR) is 79.5 cm³/mol. The first-order valence-corrected chi connectivity index (χ1v) is 6.69. The van der Waals surface area contributed by atoms with Crippen LogP contribution >= 0.6 is 0 Å². The van der Waals surface area contributed by atoms with Gasteiger partial charge in [-0.3, -0.25) is 4.79 Å². The first kappa shape index (κ1) is 13.4. The van der Waals surface area contributed by atoms with Crippen LogP contribution in [0, 0.1) is 5.82 Å². The van der Waals surface area contributed by atoms with Crippen molar-refractivity contribution in [2.24, 2.45) is 0 Å². The summed E-state index contributed by atoms with van der Waals surface area (Å²) in [7, 11) is 1.44. The summed E-state index contributed by atoms with van der Waals surface area (Å²) in [5.41, 5.74) is 3.23. The van der Waals surface area contributed by atoms with E-state index in [-0.39, 0.29) is 5.91 Å².